The van der Waals surface area contributed by atoms with Crippen molar-refractivity contribution in [1.29, 1.82) is 0 Å². The zero-order valence-electron chi connectivity index (χ0n) is 9.91. The molecule has 0 fully saturated rings. The standard InChI is InChI=1S/C13H17N3/c1-13(2)6-4-9-11(5-7-13)16-8-10(14)12(9)15-3/h4-8H,14H2,1-3H3,(H,15,16). The van der Waals surface area contributed by atoms with Crippen LogP contribution < -0.4 is 11.1 Å². The predicted molar refractivity (Wildman–Crippen MR) is 70.0 cm³/mol. The van der Waals surface area contributed by atoms with Crippen LogP contribution in [0.1, 0.15) is 25.1 Å². The summed E-state index contributed by atoms with van der Waals surface area (Å²) in [6, 6.07) is 0. The molecule has 0 spiro atoms. The Morgan fingerprint density at radius 3 is 2.62 bits per heavy atom. The van der Waals surface area contributed by atoms with Crippen LogP contribution >= 0.6 is 0 Å². The molecule has 0 aliphatic heterocycles. The van der Waals surface area contributed by atoms with Crippen LogP contribution in [-0.4, -0.2) is 12.0 Å². The largest absolute Gasteiger partial charge is 0.396 e. The summed E-state index contributed by atoms with van der Waals surface area (Å²) in [5.41, 5.74) is 9.59. The maximum Gasteiger partial charge on any atom is 0.0742 e. The number of nitrogens with zero attached hydrogens (tertiary/aromatic N) is 1. The summed E-state index contributed by atoms with van der Waals surface area (Å²) in [4.78, 5) is 4.35. The number of fused-ring (bicyclic) bond motifs is 1. The molecule has 3 nitrogen and oxygen atoms in total. The molecule has 0 saturated carbocycles. The van der Waals surface area contributed by atoms with E-state index in [-0.39, 0.29) is 5.41 Å². The summed E-state index contributed by atoms with van der Waals surface area (Å²) in [5.74, 6) is 0. The maximum absolute atomic E-state index is 5.89. The number of hydrogen-bond acceptors (Lipinski definition) is 3. The minimum atomic E-state index is 0.0560. The molecule has 1 aromatic heterocycles. The van der Waals surface area contributed by atoms with E-state index in [4.69, 9.17) is 5.73 Å². The number of allylic oxidation sites excluding steroid dienone is 2. The number of pyridine rings is 1. The molecule has 0 unspecified atom stereocenters. The molecule has 3 N–H and O–H groups in total. The molecule has 0 amide bonds. The van der Waals surface area contributed by atoms with Crippen molar-refractivity contribution >= 4 is 23.5 Å². The highest BCUT2D eigenvalue weighted by Crippen LogP contribution is 2.32. The van der Waals surface area contributed by atoms with Gasteiger partial charge in [0.05, 0.1) is 23.3 Å². The highest BCUT2D eigenvalue weighted by atomic mass is 14.9. The molecule has 2 rings (SSSR count). The van der Waals surface area contributed by atoms with Gasteiger partial charge in [0.2, 0.25) is 0 Å². The highest BCUT2D eigenvalue weighted by Gasteiger charge is 2.16. The summed E-state index contributed by atoms with van der Waals surface area (Å²) in [6.07, 6.45) is 10.1. The highest BCUT2D eigenvalue weighted by molar-refractivity contribution is 5.83. The molecule has 0 aromatic carbocycles. The third-order valence-corrected chi connectivity index (χ3v) is 2.78. The molecule has 1 heterocycles. The Morgan fingerprint density at radius 1 is 1.25 bits per heavy atom. The van der Waals surface area contributed by atoms with Gasteiger partial charge < -0.3 is 11.1 Å². The zero-order valence-corrected chi connectivity index (χ0v) is 9.91. The summed E-state index contributed by atoms with van der Waals surface area (Å²) < 4.78 is 0. The predicted octanol–water partition coefficient (Wildman–Crippen LogP) is 2.77. The van der Waals surface area contributed by atoms with Crippen molar-refractivity contribution in [3.05, 3.63) is 29.6 Å². The van der Waals surface area contributed by atoms with Gasteiger partial charge in [-0.25, -0.2) is 0 Å². The Morgan fingerprint density at radius 2 is 1.94 bits per heavy atom. The molecule has 0 bridgehead atoms. The zero-order chi connectivity index (χ0) is 11.8. The van der Waals surface area contributed by atoms with Crippen LogP contribution in [0, 0.1) is 5.41 Å². The van der Waals surface area contributed by atoms with Gasteiger partial charge in [0, 0.05) is 18.0 Å². The van der Waals surface area contributed by atoms with E-state index in [1.165, 1.54) is 0 Å². The lowest BCUT2D eigenvalue weighted by Crippen LogP contribution is -2.01. The van der Waals surface area contributed by atoms with E-state index in [9.17, 15) is 0 Å². The number of hydrogen-bond donors (Lipinski definition) is 2. The Balaban J connectivity index is 2.63. The first-order valence-electron chi connectivity index (χ1n) is 5.38. The first-order valence-corrected chi connectivity index (χ1v) is 5.38. The van der Waals surface area contributed by atoms with Gasteiger partial charge in [0.15, 0.2) is 0 Å². The molecule has 3 heteroatoms. The van der Waals surface area contributed by atoms with Crippen molar-refractivity contribution < 1.29 is 0 Å². The quantitative estimate of drug-likeness (QED) is 0.757. The van der Waals surface area contributed by atoms with Crippen LogP contribution in [-0.2, 0) is 0 Å². The van der Waals surface area contributed by atoms with Crippen LogP contribution in [0.25, 0.3) is 12.2 Å². The Kier molecular flexibility index (Phi) is 2.46. The lowest BCUT2D eigenvalue weighted by Gasteiger charge is -2.12. The van der Waals surface area contributed by atoms with Crippen molar-refractivity contribution in [3.63, 3.8) is 0 Å². The van der Waals surface area contributed by atoms with E-state index in [0.717, 1.165) is 16.9 Å². The van der Waals surface area contributed by atoms with Gasteiger partial charge >= 0.3 is 0 Å². The van der Waals surface area contributed by atoms with Gasteiger partial charge in [0.1, 0.15) is 0 Å². The number of rotatable bonds is 1. The fourth-order valence-electron chi connectivity index (χ4n) is 1.78. The van der Waals surface area contributed by atoms with E-state index in [1.807, 2.05) is 7.05 Å². The van der Waals surface area contributed by atoms with Crippen LogP contribution in [0.2, 0.25) is 0 Å². The molecule has 1 aliphatic rings. The molecule has 0 atom stereocenters. The molecule has 0 saturated heterocycles. The summed E-state index contributed by atoms with van der Waals surface area (Å²) in [7, 11) is 1.87. The number of nitrogens with two attached hydrogens (primary N) is 1. The number of nitrogen functional groups attached to an aromatic ring is 1. The van der Waals surface area contributed by atoms with Gasteiger partial charge in [-0.05, 0) is 6.08 Å². The van der Waals surface area contributed by atoms with Gasteiger partial charge in [-0.2, -0.15) is 0 Å². The monoisotopic (exact) mass is 215 g/mol. The Labute approximate surface area is 96.1 Å². The van der Waals surface area contributed by atoms with Crippen molar-refractivity contribution in [2.75, 3.05) is 18.1 Å². The number of anilines is 2. The minimum absolute atomic E-state index is 0.0560. The average molecular weight is 215 g/mol. The van der Waals surface area contributed by atoms with Crippen molar-refractivity contribution in [3.8, 4) is 0 Å². The van der Waals surface area contributed by atoms with Crippen LogP contribution in [0.5, 0.6) is 0 Å². The molecule has 0 radical (unpaired) electrons. The summed E-state index contributed by atoms with van der Waals surface area (Å²) >= 11 is 0. The first-order chi connectivity index (χ1) is 7.53. The van der Waals surface area contributed by atoms with Gasteiger partial charge in [0.25, 0.3) is 0 Å². The normalized spacial score (nSPS) is 16.7. The number of aromatic nitrogens is 1. The molecule has 1 aliphatic carbocycles. The van der Waals surface area contributed by atoms with Crippen molar-refractivity contribution in [1.82, 2.24) is 4.98 Å². The molecule has 16 heavy (non-hydrogen) atoms. The average Bonchev–Trinajstić information content (AvgIpc) is 2.38. The summed E-state index contributed by atoms with van der Waals surface area (Å²) in [5, 5.41) is 3.13. The van der Waals surface area contributed by atoms with E-state index in [1.54, 1.807) is 6.20 Å². The lowest BCUT2D eigenvalue weighted by atomic mass is 9.93. The third-order valence-electron chi connectivity index (χ3n) is 2.78. The summed E-state index contributed by atoms with van der Waals surface area (Å²) in [6.45, 7) is 4.32. The fraction of sp³-hybridized carbons (Fsp3) is 0.308. The van der Waals surface area contributed by atoms with E-state index >= 15 is 0 Å². The Bertz CT molecular complexity index is 470. The second-order valence-electron chi connectivity index (χ2n) is 4.63. The topological polar surface area (TPSA) is 50.9 Å². The molecule has 1 aromatic rings. The first kappa shape index (κ1) is 10.7. The van der Waals surface area contributed by atoms with Crippen molar-refractivity contribution in [2.45, 2.75) is 13.8 Å². The van der Waals surface area contributed by atoms with Gasteiger partial charge in [-0.1, -0.05) is 32.1 Å². The van der Waals surface area contributed by atoms with Crippen molar-refractivity contribution in [2.24, 2.45) is 5.41 Å². The van der Waals surface area contributed by atoms with E-state index in [0.29, 0.717) is 5.69 Å². The number of nitrogens with one attached hydrogen (secondary N) is 1. The van der Waals surface area contributed by atoms with Crippen LogP contribution in [0.3, 0.4) is 0 Å². The third kappa shape index (κ3) is 1.81. The van der Waals surface area contributed by atoms with Crippen LogP contribution in [0.4, 0.5) is 11.4 Å². The second kappa shape index (κ2) is 3.67. The maximum atomic E-state index is 5.89. The second-order valence-corrected chi connectivity index (χ2v) is 4.63. The van der Waals surface area contributed by atoms with Gasteiger partial charge in [-0.15, -0.1) is 0 Å². The van der Waals surface area contributed by atoms with Crippen LogP contribution in [0.15, 0.2) is 18.3 Å². The molecular formula is C13H17N3. The van der Waals surface area contributed by atoms with E-state index < -0.39 is 0 Å². The minimum Gasteiger partial charge on any atom is -0.396 e. The van der Waals surface area contributed by atoms with Gasteiger partial charge in [-0.3, -0.25) is 4.98 Å². The Hall–Kier alpha value is -1.77. The SMILES string of the molecule is CNc1c(N)cnc2c1C=CC(C)(C)C=C2. The molecule has 84 valence electrons. The smallest absolute Gasteiger partial charge is 0.0742 e. The van der Waals surface area contributed by atoms with E-state index in [2.05, 4.69) is 48.5 Å². The molecular weight excluding hydrogens is 198 g/mol. The lowest BCUT2D eigenvalue weighted by molar-refractivity contribution is 0.633. The fourth-order valence-corrected chi connectivity index (χ4v) is 1.78.